The first kappa shape index (κ1) is 15.2. The van der Waals surface area contributed by atoms with Crippen molar-refractivity contribution in [3.63, 3.8) is 0 Å². The molecule has 1 rings (SSSR count). The SMILES string of the molecule is CCCCC(CC)CC(N)Cc1cccc(C)c1. The van der Waals surface area contributed by atoms with Crippen molar-refractivity contribution < 1.29 is 0 Å². The van der Waals surface area contributed by atoms with Gasteiger partial charge in [0, 0.05) is 6.04 Å². The van der Waals surface area contributed by atoms with Crippen LogP contribution < -0.4 is 5.73 Å². The van der Waals surface area contributed by atoms with Gasteiger partial charge in [-0.25, -0.2) is 0 Å². The van der Waals surface area contributed by atoms with E-state index >= 15 is 0 Å². The Balaban J connectivity index is 2.42. The van der Waals surface area contributed by atoms with Gasteiger partial charge in [0.2, 0.25) is 0 Å². The van der Waals surface area contributed by atoms with Crippen LogP contribution in [-0.2, 0) is 6.42 Å². The number of aryl methyl sites for hydroxylation is 1. The van der Waals surface area contributed by atoms with Crippen LogP contribution in [0.25, 0.3) is 0 Å². The van der Waals surface area contributed by atoms with Crippen LogP contribution >= 0.6 is 0 Å². The predicted molar refractivity (Wildman–Crippen MR) is 80.8 cm³/mol. The highest BCUT2D eigenvalue weighted by molar-refractivity contribution is 5.22. The van der Waals surface area contributed by atoms with Crippen molar-refractivity contribution in [2.75, 3.05) is 0 Å². The molecule has 0 aliphatic rings. The summed E-state index contributed by atoms with van der Waals surface area (Å²) in [6.45, 7) is 6.70. The summed E-state index contributed by atoms with van der Waals surface area (Å²) in [5.74, 6) is 0.810. The third kappa shape index (κ3) is 5.68. The standard InChI is InChI=1S/C17H29N/c1-4-6-9-15(5-2)12-17(18)13-16-10-7-8-14(3)11-16/h7-8,10-11,15,17H,4-6,9,12-13,18H2,1-3H3. The summed E-state index contributed by atoms with van der Waals surface area (Å²) in [6, 6.07) is 9.04. The minimum absolute atomic E-state index is 0.314. The predicted octanol–water partition coefficient (Wildman–Crippen LogP) is 4.47. The Labute approximate surface area is 113 Å². The number of benzene rings is 1. The Bertz CT molecular complexity index is 332. The van der Waals surface area contributed by atoms with Gasteiger partial charge in [-0.3, -0.25) is 0 Å². The molecule has 1 aromatic carbocycles. The molecule has 0 aliphatic carbocycles. The fourth-order valence-corrected chi connectivity index (χ4v) is 2.63. The molecule has 0 saturated heterocycles. The third-order valence-electron chi connectivity index (χ3n) is 3.76. The molecule has 0 amide bonds. The zero-order chi connectivity index (χ0) is 13.4. The van der Waals surface area contributed by atoms with Gasteiger partial charge in [-0.15, -0.1) is 0 Å². The number of rotatable bonds is 8. The zero-order valence-corrected chi connectivity index (χ0v) is 12.3. The zero-order valence-electron chi connectivity index (χ0n) is 12.3. The van der Waals surface area contributed by atoms with Gasteiger partial charge in [0.15, 0.2) is 0 Å². The van der Waals surface area contributed by atoms with Crippen LogP contribution in [0.1, 0.15) is 57.1 Å². The van der Waals surface area contributed by atoms with Gasteiger partial charge in [-0.05, 0) is 31.2 Å². The Morgan fingerprint density at radius 1 is 1.22 bits per heavy atom. The Kier molecular flexibility index (Phi) is 7.04. The van der Waals surface area contributed by atoms with Gasteiger partial charge in [-0.2, -0.15) is 0 Å². The van der Waals surface area contributed by atoms with E-state index in [-0.39, 0.29) is 0 Å². The second kappa shape index (κ2) is 8.31. The first-order valence-corrected chi connectivity index (χ1v) is 7.46. The maximum Gasteiger partial charge on any atom is 0.00819 e. The van der Waals surface area contributed by atoms with Crippen LogP contribution in [0.15, 0.2) is 24.3 Å². The minimum atomic E-state index is 0.314. The molecule has 2 unspecified atom stereocenters. The first-order chi connectivity index (χ1) is 8.65. The van der Waals surface area contributed by atoms with Gasteiger partial charge >= 0.3 is 0 Å². The highest BCUT2D eigenvalue weighted by Gasteiger charge is 2.12. The van der Waals surface area contributed by atoms with Crippen LogP contribution in [0.3, 0.4) is 0 Å². The molecule has 0 radical (unpaired) electrons. The summed E-state index contributed by atoms with van der Waals surface area (Å²) in [4.78, 5) is 0. The van der Waals surface area contributed by atoms with Crippen LogP contribution in [0.5, 0.6) is 0 Å². The van der Waals surface area contributed by atoms with Gasteiger partial charge < -0.3 is 5.73 Å². The fourth-order valence-electron chi connectivity index (χ4n) is 2.63. The van der Waals surface area contributed by atoms with E-state index in [1.807, 2.05) is 0 Å². The largest absolute Gasteiger partial charge is 0.327 e. The molecule has 2 N–H and O–H groups in total. The van der Waals surface area contributed by atoms with Crippen LogP contribution in [0.4, 0.5) is 0 Å². The van der Waals surface area contributed by atoms with Crippen LogP contribution in [-0.4, -0.2) is 6.04 Å². The van der Waals surface area contributed by atoms with E-state index in [0.717, 1.165) is 12.3 Å². The van der Waals surface area contributed by atoms with Crippen molar-refractivity contribution in [2.45, 2.75) is 65.3 Å². The summed E-state index contributed by atoms with van der Waals surface area (Å²) in [5, 5.41) is 0. The molecule has 0 spiro atoms. The molecule has 0 fully saturated rings. The average molecular weight is 247 g/mol. The quantitative estimate of drug-likeness (QED) is 0.720. The molecule has 2 atom stereocenters. The molecular formula is C17H29N. The first-order valence-electron chi connectivity index (χ1n) is 7.46. The maximum absolute atomic E-state index is 6.30. The van der Waals surface area contributed by atoms with Crippen LogP contribution in [0.2, 0.25) is 0 Å². The highest BCUT2D eigenvalue weighted by Crippen LogP contribution is 2.19. The lowest BCUT2D eigenvalue weighted by Crippen LogP contribution is -2.26. The summed E-state index contributed by atoms with van der Waals surface area (Å²) in [6.07, 6.45) is 7.43. The summed E-state index contributed by atoms with van der Waals surface area (Å²) >= 11 is 0. The van der Waals surface area contributed by atoms with E-state index in [4.69, 9.17) is 5.73 Å². The van der Waals surface area contributed by atoms with Gasteiger partial charge in [0.05, 0.1) is 0 Å². The van der Waals surface area contributed by atoms with E-state index in [1.165, 1.54) is 43.2 Å². The van der Waals surface area contributed by atoms with Gasteiger partial charge in [0.25, 0.3) is 0 Å². The normalized spacial score (nSPS) is 14.4. The topological polar surface area (TPSA) is 26.0 Å². The molecule has 18 heavy (non-hydrogen) atoms. The van der Waals surface area contributed by atoms with Gasteiger partial charge in [-0.1, -0.05) is 69.4 Å². The van der Waals surface area contributed by atoms with Crippen molar-refractivity contribution >= 4 is 0 Å². The van der Waals surface area contributed by atoms with Crippen molar-refractivity contribution in [3.05, 3.63) is 35.4 Å². The Morgan fingerprint density at radius 3 is 2.61 bits per heavy atom. The summed E-state index contributed by atoms with van der Waals surface area (Å²) < 4.78 is 0. The highest BCUT2D eigenvalue weighted by atomic mass is 14.6. The number of hydrogen-bond donors (Lipinski definition) is 1. The number of unbranched alkanes of at least 4 members (excludes halogenated alkanes) is 1. The lowest BCUT2D eigenvalue weighted by atomic mass is 9.90. The van der Waals surface area contributed by atoms with E-state index in [0.29, 0.717) is 6.04 Å². The van der Waals surface area contributed by atoms with Crippen molar-refractivity contribution in [1.82, 2.24) is 0 Å². The molecule has 1 nitrogen and oxygen atoms in total. The van der Waals surface area contributed by atoms with Crippen molar-refractivity contribution in [2.24, 2.45) is 11.7 Å². The summed E-state index contributed by atoms with van der Waals surface area (Å²) in [5.41, 5.74) is 9.02. The molecule has 0 saturated carbocycles. The van der Waals surface area contributed by atoms with Crippen molar-refractivity contribution in [1.29, 1.82) is 0 Å². The molecule has 0 heterocycles. The molecule has 0 aromatic heterocycles. The van der Waals surface area contributed by atoms with Crippen LogP contribution in [0, 0.1) is 12.8 Å². The Hall–Kier alpha value is -0.820. The monoisotopic (exact) mass is 247 g/mol. The minimum Gasteiger partial charge on any atom is -0.327 e. The molecule has 1 heteroatoms. The summed E-state index contributed by atoms with van der Waals surface area (Å²) in [7, 11) is 0. The average Bonchev–Trinajstić information content (AvgIpc) is 2.34. The fraction of sp³-hybridized carbons (Fsp3) is 0.647. The molecule has 0 aliphatic heterocycles. The lowest BCUT2D eigenvalue weighted by Gasteiger charge is -2.19. The lowest BCUT2D eigenvalue weighted by molar-refractivity contribution is 0.383. The van der Waals surface area contributed by atoms with E-state index in [9.17, 15) is 0 Å². The maximum atomic E-state index is 6.30. The van der Waals surface area contributed by atoms with E-state index in [2.05, 4.69) is 45.0 Å². The number of hydrogen-bond acceptors (Lipinski definition) is 1. The molecule has 0 bridgehead atoms. The van der Waals surface area contributed by atoms with Gasteiger partial charge in [0.1, 0.15) is 0 Å². The molecular weight excluding hydrogens is 218 g/mol. The Morgan fingerprint density at radius 2 is 2.00 bits per heavy atom. The van der Waals surface area contributed by atoms with E-state index < -0.39 is 0 Å². The molecule has 102 valence electrons. The molecule has 1 aromatic rings. The second-order valence-electron chi connectivity index (χ2n) is 5.61. The smallest absolute Gasteiger partial charge is 0.00819 e. The van der Waals surface area contributed by atoms with E-state index in [1.54, 1.807) is 0 Å². The third-order valence-corrected chi connectivity index (χ3v) is 3.76. The number of nitrogens with two attached hydrogens (primary N) is 1. The van der Waals surface area contributed by atoms with Crippen molar-refractivity contribution in [3.8, 4) is 0 Å². The second-order valence-corrected chi connectivity index (χ2v) is 5.61.